The fraction of sp³-hybridized carbons (Fsp3) is 0.292. The van der Waals surface area contributed by atoms with Gasteiger partial charge in [-0.2, -0.15) is 0 Å². The van der Waals surface area contributed by atoms with E-state index in [9.17, 15) is 4.79 Å². The van der Waals surface area contributed by atoms with E-state index in [-0.39, 0.29) is 12.0 Å². The summed E-state index contributed by atoms with van der Waals surface area (Å²) in [4.78, 5) is 12.1. The van der Waals surface area contributed by atoms with Crippen molar-refractivity contribution >= 4 is 12.0 Å². The second-order valence-corrected chi connectivity index (χ2v) is 7.47. The van der Waals surface area contributed by atoms with Crippen molar-refractivity contribution in [2.75, 3.05) is 13.2 Å². The summed E-state index contributed by atoms with van der Waals surface area (Å²) in [5.41, 5.74) is 2.78. The van der Waals surface area contributed by atoms with Gasteiger partial charge >= 0.3 is 0 Å². The lowest BCUT2D eigenvalue weighted by atomic mass is 10.2. The minimum atomic E-state index is -0.184. The van der Waals surface area contributed by atoms with E-state index in [4.69, 9.17) is 9.47 Å². The predicted molar refractivity (Wildman–Crippen MR) is 117 cm³/mol. The van der Waals surface area contributed by atoms with Crippen LogP contribution in [0.1, 0.15) is 29.7 Å². The van der Waals surface area contributed by atoms with Crippen LogP contribution in [0.25, 0.3) is 6.08 Å². The van der Waals surface area contributed by atoms with E-state index in [1.165, 1.54) is 6.08 Å². The van der Waals surface area contributed by atoms with Gasteiger partial charge in [-0.15, -0.1) is 5.10 Å². The Hall–Kier alpha value is -3.45. The fourth-order valence-corrected chi connectivity index (χ4v) is 3.32. The van der Waals surface area contributed by atoms with E-state index in [0.717, 1.165) is 36.3 Å². The number of carbonyl (C=O) groups excluding carboxylic acids is 1. The fourth-order valence-electron chi connectivity index (χ4n) is 3.32. The molecule has 2 heterocycles. The van der Waals surface area contributed by atoms with Crippen LogP contribution < -0.4 is 10.1 Å². The summed E-state index contributed by atoms with van der Waals surface area (Å²) in [7, 11) is 0. The van der Waals surface area contributed by atoms with Gasteiger partial charge in [-0.25, -0.2) is 4.68 Å². The number of ether oxygens (including phenoxy) is 2. The van der Waals surface area contributed by atoms with E-state index in [0.29, 0.717) is 25.4 Å². The number of hydrogen-bond donors (Lipinski definition) is 1. The van der Waals surface area contributed by atoms with Gasteiger partial charge < -0.3 is 14.8 Å². The van der Waals surface area contributed by atoms with Crippen molar-refractivity contribution in [3.63, 3.8) is 0 Å². The Bertz CT molecular complexity index is 993. The van der Waals surface area contributed by atoms with Crippen LogP contribution in [0.15, 0.2) is 66.9 Å². The highest BCUT2D eigenvalue weighted by molar-refractivity contribution is 5.91. The lowest BCUT2D eigenvalue weighted by molar-refractivity contribution is -0.116. The number of hydrogen-bond acceptors (Lipinski definition) is 5. The number of amides is 1. The topological polar surface area (TPSA) is 78.3 Å². The van der Waals surface area contributed by atoms with Crippen LogP contribution in [0.5, 0.6) is 5.75 Å². The Balaban J connectivity index is 1.20. The van der Waals surface area contributed by atoms with Crippen molar-refractivity contribution in [1.29, 1.82) is 0 Å². The quantitative estimate of drug-likeness (QED) is 0.540. The summed E-state index contributed by atoms with van der Waals surface area (Å²) in [6.45, 7) is 2.49. The molecule has 1 fully saturated rings. The molecular weight excluding hydrogens is 392 g/mol. The minimum Gasteiger partial charge on any atom is -0.491 e. The number of aromatic nitrogens is 3. The Kier molecular flexibility index (Phi) is 7.08. The van der Waals surface area contributed by atoms with E-state index in [1.54, 1.807) is 10.8 Å². The molecule has 31 heavy (non-hydrogen) atoms. The van der Waals surface area contributed by atoms with E-state index in [1.807, 2.05) is 60.8 Å². The minimum absolute atomic E-state index is 0.184. The number of benzene rings is 2. The van der Waals surface area contributed by atoms with Crippen molar-refractivity contribution in [1.82, 2.24) is 20.3 Å². The maximum atomic E-state index is 12.1. The van der Waals surface area contributed by atoms with Crippen LogP contribution in [0.3, 0.4) is 0 Å². The average Bonchev–Trinajstić information content (AvgIpc) is 3.48. The van der Waals surface area contributed by atoms with Gasteiger partial charge in [0.15, 0.2) is 0 Å². The van der Waals surface area contributed by atoms with Crippen molar-refractivity contribution < 1.29 is 14.3 Å². The molecule has 4 rings (SSSR count). The third kappa shape index (κ3) is 6.52. The molecule has 1 unspecified atom stereocenters. The molecule has 0 spiro atoms. The van der Waals surface area contributed by atoms with Crippen LogP contribution in [0, 0.1) is 0 Å². The average molecular weight is 418 g/mol. The van der Waals surface area contributed by atoms with Crippen molar-refractivity contribution in [2.24, 2.45) is 0 Å². The Labute approximate surface area is 181 Å². The first kappa shape index (κ1) is 20.8. The first-order chi connectivity index (χ1) is 15.2. The van der Waals surface area contributed by atoms with Crippen molar-refractivity contribution in [2.45, 2.75) is 32.0 Å². The summed E-state index contributed by atoms with van der Waals surface area (Å²) in [6.07, 6.45) is 7.30. The summed E-state index contributed by atoms with van der Waals surface area (Å²) in [6, 6.07) is 17.8. The van der Waals surface area contributed by atoms with Gasteiger partial charge in [0.1, 0.15) is 18.1 Å². The Morgan fingerprint density at radius 2 is 2.00 bits per heavy atom. The van der Waals surface area contributed by atoms with Crippen LogP contribution in [-0.4, -0.2) is 40.2 Å². The zero-order valence-electron chi connectivity index (χ0n) is 17.3. The monoisotopic (exact) mass is 418 g/mol. The second-order valence-electron chi connectivity index (χ2n) is 7.47. The van der Waals surface area contributed by atoms with Crippen molar-refractivity contribution in [3.8, 4) is 5.75 Å². The highest BCUT2D eigenvalue weighted by Crippen LogP contribution is 2.16. The largest absolute Gasteiger partial charge is 0.491 e. The highest BCUT2D eigenvalue weighted by Gasteiger charge is 2.15. The number of carbonyl (C=O) groups is 1. The maximum absolute atomic E-state index is 12.1. The molecule has 1 aromatic heterocycles. The molecule has 1 saturated heterocycles. The van der Waals surface area contributed by atoms with Gasteiger partial charge in [-0.1, -0.05) is 47.7 Å². The highest BCUT2D eigenvalue weighted by atomic mass is 16.5. The summed E-state index contributed by atoms with van der Waals surface area (Å²) in [5.74, 6) is 0.625. The molecule has 0 aliphatic carbocycles. The second kappa shape index (κ2) is 10.5. The summed E-state index contributed by atoms with van der Waals surface area (Å²) < 4.78 is 13.1. The van der Waals surface area contributed by atoms with Gasteiger partial charge in [0.2, 0.25) is 5.91 Å². The molecule has 7 nitrogen and oxygen atoms in total. The molecule has 1 atom stereocenters. The molecule has 0 radical (unpaired) electrons. The number of rotatable bonds is 9. The molecular formula is C24H26N4O3. The van der Waals surface area contributed by atoms with Crippen molar-refractivity contribution in [3.05, 3.63) is 83.7 Å². The zero-order chi connectivity index (χ0) is 21.3. The maximum Gasteiger partial charge on any atom is 0.244 e. The van der Waals surface area contributed by atoms with E-state index >= 15 is 0 Å². The van der Waals surface area contributed by atoms with Gasteiger partial charge in [0.05, 0.1) is 18.8 Å². The number of nitrogens with zero attached hydrogens (tertiary/aromatic N) is 3. The first-order valence-electron chi connectivity index (χ1n) is 10.5. The zero-order valence-corrected chi connectivity index (χ0v) is 17.3. The molecule has 1 amide bonds. The van der Waals surface area contributed by atoms with E-state index in [2.05, 4.69) is 15.6 Å². The first-order valence-corrected chi connectivity index (χ1v) is 10.5. The molecule has 7 heteroatoms. The molecule has 1 aliphatic rings. The summed E-state index contributed by atoms with van der Waals surface area (Å²) >= 11 is 0. The van der Waals surface area contributed by atoms with E-state index < -0.39 is 0 Å². The third-order valence-electron chi connectivity index (χ3n) is 5.00. The van der Waals surface area contributed by atoms with Gasteiger partial charge in [-0.05, 0) is 42.2 Å². The molecule has 1 N–H and O–H groups in total. The lowest BCUT2D eigenvalue weighted by Crippen LogP contribution is -2.20. The normalized spacial score (nSPS) is 15.9. The molecule has 2 aromatic carbocycles. The van der Waals surface area contributed by atoms with Gasteiger partial charge in [0, 0.05) is 19.2 Å². The molecule has 0 bridgehead atoms. The third-order valence-corrected chi connectivity index (χ3v) is 5.00. The molecule has 0 saturated carbocycles. The van der Waals surface area contributed by atoms with Gasteiger partial charge in [0.25, 0.3) is 0 Å². The predicted octanol–water partition coefficient (Wildman–Crippen LogP) is 3.21. The standard InChI is InChI=1S/C24H26N4O3/c29-24(13-10-21-17-28(27-26-21)16-20-5-2-1-3-6-20)25-15-19-8-11-22(12-9-19)31-18-23-7-4-14-30-23/h1-3,5-6,8-13,17,23H,4,7,14-16,18H2,(H,25,29)/b13-10+. The van der Waals surface area contributed by atoms with Crippen LogP contribution >= 0.6 is 0 Å². The van der Waals surface area contributed by atoms with Crippen LogP contribution in [0.4, 0.5) is 0 Å². The van der Waals surface area contributed by atoms with Crippen LogP contribution in [-0.2, 0) is 22.6 Å². The summed E-state index contributed by atoms with van der Waals surface area (Å²) in [5, 5.41) is 11.0. The smallest absolute Gasteiger partial charge is 0.244 e. The Morgan fingerprint density at radius 1 is 1.16 bits per heavy atom. The molecule has 160 valence electrons. The van der Waals surface area contributed by atoms with Crippen LogP contribution in [0.2, 0.25) is 0 Å². The SMILES string of the molecule is O=C(/C=C/c1cn(Cc2ccccc2)nn1)NCc1ccc(OCC2CCCO2)cc1. The lowest BCUT2D eigenvalue weighted by Gasteiger charge is -2.11. The Morgan fingerprint density at radius 3 is 2.77 bits per heavy atom. The molecule has 1 aliphatic heterocycles. The molecule has 3 aromatic rings. The number of nitrogens with one attached hydrogen (secondary N) is 1. The van der Waals surface area contributed by atoms with Gasteiger partial charge in [-0.3, -0.25) is 4.79 Å².